The van der Waals surface area contributed by atoms with Crippen LogP contribution in [0.1, 0.15) is 28.2 Å². The lowest BCUT2D eigenvalue weighted by molar-refractivity contribution is -0.116. The zero-order chi connectivity index (χ0) is 21.8. The fourth-order valence-electron chi connectivity index (χ4n) is 3.26. The molecule has 0 atom stereocenters. The van der Waals surface area contributed by atoms with E-state index < -0.39 is 0 Å². The zero-order valence-electron chi connectivity index (χ0n) is 17.7. The number of rotatable bonds is 7. The Bertz CT molecular complexity index is 1180. The van der Waals surface area contributed by atoms with Crippen molar-refractivity contribution in [3.63, 3.8) is 0 Å². The smallest absolute Gasteiger partial charge is 0.224 e. The molecule has 0 saturated carbocycles. The Kier molecular flexibility index (Phi) is 6.08. The molecule has 0 aliphatic heterocycles. The van der Waals surface area contributed by atoms with Gasteiger partial charge >= 0.3 is 0 Å². The fraction of sp³-hybridized carbons (Fsp3) is 0.217. The molecule has 4 aromatic rings. The van der Waals surface area contributed by atoms with E-state index in [0.29, 0.717) is 18.1 Å². The Labute approximate surface area is 185 Å². The van der Waals surface area contributed by atoms with Crippen LogP contribution >= 0.6 is 11.3 Å². The molecule has 0 unspecified atom stereocenters. The summed E-state index contributed by atoms with van der Waals surface area (Å²) in [6.45, 7) is 6.01. The molecule has 2 N–H and O–H groups in total. The van der Waals surface area contributed by atoms with E-state index >= 15 is 0 Å². The van der Waals surface area contributed by atoms with Gasteiger partial charge in [0, 0.05) is 28.4 Å². The SMILES string of the molecule is Cc1cc(C)n(-c2ccc(Nc3ccc(NC(=O)CCc4sccc4C)cc3)nn2)n1. The van der Waals surface area contributed by atoms with Crippen molar-refractivity contribution in [2.45, 2.75) is 33.6 Å². The molecular formula is C23H24N6OS. The number of carbonyl (C=O) groups is 1. The molecule has 3 aromatic heterocycles. The van der Waals surface area contributed by atoms with Crippen molar-refractivity contribution in [1.29, 1.82) is 0 Å². The lowest BCUT2D eigenvalue weighted by Gasteiger charge is -2.09. The summed E-state index contributed by atoms with van der Waals surface area (Å²) < 4.78 is 1.77. The fourth-order valence-corrected chi connectivity index (χ4v) is 4.17. The van der Waals surface area contributed by atoms with E-state index in [1.807, 2.05) is 56.3 Å². The van der Waals surface area contributed by atoms with Gasteiger partial charge in [-0.3, -0.25) is 4.79 Å². The molecule has 1 aromatic carbocycles. The number of thiophene rings is 1. The molecule has 1 amide bonds. The molecule has 0 radical (unpaired) electrons. The lowest BCUT2D eigenvalue weighted by atomic mass is 10.2. The number of nitrogens with one attached hydrogen (secondary N) is 2. The van der Waals surface area contributed by atoms with Gasteiger partial charge in [-0.1, -0.05) is 0 Å². The van der Waals surface area contributed by atoms with Crippen molar-refractivity contribution in [1.82, 2.24) is 20.0 Å². The summed E-state index contributed by atoms with van der Waals surface area (Å²) in [6, 6.07) is 15.4. The highest BCUT2D eigenvalue weighted by molar-refractivity contribution is 7.10. The topological polar surface area (TPSA) is 84.7 Å². The number of anilines is 3. The second-order valence-corrected chi connectivity index (χ2v) is 8.39. The van der Waals surface area contributed by atoms with E-state index in [1.165, 1.54) is 10.4 Å². The number of amides is 1. The van der Waals surface area contributed by atoms with Crippen LogP contribution in [0, 0.1) is 20.8 Å². The Morgan fingerprint density at radius 3 is 2.39 bits per heavy atom. The van der Waals surface area contributed by atoms with Gasteiger partial charge in [0.05, 0.1) is 5.69 Å². The highest BCUT2D eigenvalue weighted by atomic mass is 32.1. The minimum absolute atomic E-state index is 0.0131. The highest BCUT2D eigenvalue weighted by Crippen LogP contribution is 2.20. The summed E-state index contributed by atoms with van der Waals surface area (Å²) in [6.07, 6.45) is 1.24. The van der Waals surface area contributed by atoms with Gasteiger partial charge in [0.2, 0.25) is 5.91 Å². The zero-order valence-corrected chi connectivity index (χ0v) is 18.5. The first-order valence-corrected chi connectivity index (χ1v) is 10.9. The van der Waals surface area contributed by atoms with E-state index in [2.05, 4.69) is 44.3 Å². The molecule has 0 fully saturated rings. The molecule has 0 spiro atoms. The average Bonchev–Trinajstić information content (AvgIpc) is 3.32. The normalized spacial score (nSPS) is 10.8. The van der Waals surface area contributed by atoms with Crippen molar-refractivity contribution in [2.75, 3.05) is 10.6 Å². The standard InChI is InChI=1S/C23H24N6OS/c1-15-12-13-31-20(15)8-11-23(30)25-19-6-4-18(5-7-19)24-21-9-10-22(27-26-21)29-17(3)14-16(2)28-29/h4-7,9-10,12-14H,8,11H2,1-3H3,(H,24,26)(H,25,30). The van der Waals surface area contributed by atoms with Crippen molar-refractivity contribution < 1.29 is 4.79 Å². The highest BCUT2D eigenvalue weighted by Gasteiger charge is 2.08. The first kappa shape index (κ1) is 20.7. The molecule has 0 aliphatic rings. The van der Waals surface area contributed by atoms with Crippen LogP contribution in [0.5, 0.6) is 0 Å². The third kappa shape index (κ3) is 5.16. The van der Waals surface area contributed by atoms with E-state index in [-0.39, 0.29) is 5.91 Å². The Hall–Kier alpha value is -3.52. The minimum atomic E-state index is 0.0131. The maximum atomic E-state index is 12.2. The van der Waals surface area contributed by atoms with Crippen LogP contribution in [0.2, 0.25) is 0 Å². The number of carbonyl (C=O) groups excluding carboxylic acids is 1. The molecule has 3 heterocycles. The first-order valence-electron chi connectivity index (χ1n) is 10.1. The average molecular weight is 433 g/mol. The molecule has 4 rings (SSSR count). The van der Waals surface area contributed by atoms with Gasteiger partial charge in [0.1, 0.15) is 0 Å². The largest absolute Gasteiger partial charge is 0.339 e. The van der Waals surface area contributed by atoms with Gasteiger partial charge in [-0.15, -0.1) is 21.5 Å². The number of nitrogens with zero attached hydrogens (tertiary/aromatic N) is 4. The van der Waals surface area contributed by atoms with Crippen LogP contribution < -0.4 is 10.6 Å². The summed E-state index contributed by atoms with van der Waals surface area (Å²) in [5.41, 5.74) is 4.83. The van der Waals surface area contributed by atoms with Crippen molar-refractivity contribution >= 4 is 34.4 Å². The number of benzene rings is 1. The molecule has 0 aliphatic carbocycles. The molecule has 7 nitrogen and oxygen atoms in total. The van der Waals surface area contributed by atoms with Crippen LogP contribution in [0.25, 0.3) is 5.82 Å². The van der Waals surface area contributed by atoms with Crippen molar-refractivity contribution in [3.05, 3.63) is 75.7 Å². The second-order valence-electron chi connectivity index (χ2n) is 7.39. The van der Waals surface area contributed by atoms with Gasteiger partial charge in [0.25, 0.3) is 0 Å². The number of aromatic nitrogens is 4. The van der Waals surface area contributed by atoms with Gasteiger partial charge in [-0.05, 0) is 86.7 Å². The minimum Gasteiger partial charge on any atom is -0.339 e. The maximum absolute atomic E-state index is 12.2. The Balaban J connectivity index is 1.32. The second kappa shape index (κ2) is 9.09. The number of hydrogen-bond donors (Lipinski definition) is 2. The van der Waals surface area contributed by atoms with Crippen LogP contribution in [-0.4, -0.2) is 25.9 Å². The molecule has 158 valence electrons. The molecule has 8 heteroatoms. The predicted octanol–water partition coefficient (Wildman–Crippen LogP) is 4.96. The molecule has 0 bridgehead atoms. The van der Waals surface area contributed by atoms with Crippen LogP contribution in [0.15, 0.2) is 53.9 Å². The molecular weight excluding hydrogens is 408 g/mol. The van der Waals surface area contributed by atoms with Crippen LogP contribution in [0.3, 0.4) is 0 Å². The lowest BCUT2D eigenvalue weighted by Crippen LogP contribution is -2.12. The monoisotopic (exact) mass is 432 g/mol. The maximum Gasteiger partial charge on any atom is 0.224 e. The third-order valence-corrected chi connectivity index (χ3v) is 5.95. The summed E-state index contributed by atoms with van der Waals surface area (Å²) >= 11 is 1.70. The van der Waals surface area contributed by atoms with E-state index in [9.17, 15) is 4.79 Å². The van der Waals surface area contributed by atoms with Crippen molar-refractivity contribution in [3.8, 4) is 5.82 Å². The Morgan fingerprint density at radius 2 is 1.77 bits per heavy atom. The quantitative estimate of drug-likeness (QED) is 0.431. The van der Waals surface area contributed by atoms with E-state index in [4.69, 9.17) is 0 Å². The van der Waals surface area contributed by atoms with E-state index in [1.54, 1.807) is 16.0 Å². The van der Waals surface area contributed by atoms with Gasteiger partial charge in [-0.2, -0.15) is 5.10 Å². The number of hydrogen-bond acceptors (Lipinski definition) is 6. The van der Waals surface area contributed by atoms with Crippen LogP contribution in [0.4, 0.5) is 17.2 Å². The molecule has 31 heavy (non-hydrogen) atoms. The van der Waals surface area contributed by atoms with Crippen LogP contribution in [-0.2, 0) is 11.2 Å². The third-order valence-electron chi connectivity index (χ3n) is 4.87. The summed E-state index contributed by atoms with van der Waals surface area (Å²) in [4.78, 5) is 13.5. The molecule has 0 saturated heterocycles. The first-order chi connectivity index (χ1) is 15.0. The van der Waals surface area contributed by atoms with Gasteiger partial charge in [0.15, 0.2) is 11.6 Å². The van der Waals surface area contributed by atoms with Crippen molar-refractivity contribution in [2.24, 2.45) is 0 Å². The predicted molar refractivity (Wildman–Crippen MR) is 124 cm³/mol. The summed E-state index contributed by atoms with van der Waals surface area (Å²) in [5.74, 6) is 1.32. The summed E-state index contributed by atoms with van der Waals surface area (Å²) in [5, 5.41) is 21.1. The van der Waals surface area contributed by atoms with Gasteiger partial charge in [-0.25, -0.2) is 4.68 Å². The Morgan fingerprint density at radius 1 is 1.00 bits per heavy atom. The van der Waals surface area contributed by atoms with E-state index in [0.717, 1.165) is 29.2 Å². The van der Waals surface area contributed by atoms with Gasteiger partial charge < -0.3 is 10.6 Å². The summed E-state index contributed by atoms with van der Waals surface area (Å²) in [7, 11) is 0. The number of aryl methyl sites for hydroxylation is 4.